The Kier molecular flexibility index (Phi) is 4.75. The minimum atomic E-state index is 0.195. The minimum Gasteiger partial charge on any atom is -0.387 e. The van der Waals surface area contributed by atoms with Crippen molar-refractivity contribution in [2.45, 2.75) is 26.3 Å². The summed E-state index contributed by atoms with van der Waals surface area (Å²) in [6.07, 6.45) is 1.26. The second kappa shape index (κ2) is 5.61. The first-order valence-corrected chi connectivity index (χ1v) is 6.42. The first-order chi connectivity index (χ1) is 6.61. The van der Waals surface area contributed by atoms with Gasteiger partial charge in [-0.1, -0.05) is 6.92 Å². The average molecular weight is 215 g/mol. The molecule has 0 amide bonds. The molecule has 0 aromatic heterocycles. The molecule has 3 nitrogen and oxygen atoms in total. The normalized spacial score (nSPS) is 26.9. The van der Waals surface area contributed by atoms with Gasteiger partial charge in [0.2, 0.25) is 0 Å². The van der Waals surface area contributed by atoms with Crippen molar-refractivity contribution in [3.05, 3.63) is 0 Å². The highest BCUT2D eigenvalue weighted by molar-refractivity contribution is 7.99. The number of rotatable bonds is 3. The largest absolute Gasteiger partial charge is 0.387 e. The van der Waals surface area contributed by atoms with Gasteiger partial charge in [-0.05, 0) is 19.1 Å². The number of amidine groups is 1. The van der Waals surface area contributed by atoms with Gasteiger partial charge in [0.25, 0.3) is 0 Å². The Hall–Kier alpha value is -0.220. The van der Waals surface area contributed by atoms with Crippen LogP contribution in [-0.2, 0) is 0 Å². The van der Waals surface area contributed by atoms with E-state index >= 15 is 0 Å². The molecule has 0 saturated carbocycles. The van der Waals surface area contributed by atoms with Crippen LogP contribution >= 0.6 is 11.8 Å². The zero-order chi connectivity index (χ0) is 10.6. The van der Waals surface area contributed by atoms with Gasteiger partial charge in [-0.3, -0.25) is 10.3 Å². The van der Waals surface area contributed by atoms with Crippen LogP contribution in [0.2, 0.25) is 0 Å². The summed E-state index contributed by atoms with van der Waals surface area (Å²) in [5.74, 6) is 3.00. The Morgan fingerprint density at radius 2 is 2.36 bits per heavy atom. The van der Waals surface area contributed by atoms with Crippen LogP contribution in [0, 0.1) is 11.3 Å². The highest BCUT2D eigenvalue weighted by Gasteiger charge is 2.19. The summed E-state index contributed by atoms with van der Waals surface area (Å²) >= 11 is 2.03. The maximum atomic E-state index is 7.39. The van der Waals surface area contributed by atoms with E-state index in [4.69, 9.17) is 11.1 Å². The third-order valence-corrected chi connectivity index (χ3v) is 3.86. The van der Waals surface area contributed by atoms with E-state index in [0.29, 0.717) is 11.9 Å². The van der Waals surface area contributed by atoms with Gasteiger partial charge in [0.05, 0.1) is 5.84 Å². The van der Waals surface area contributed by atoms with Crippen LogP contribution < -0.4 is 5.73 Å². The predicted molar refractivity (Wildman–Crippen MR) is 64.1 cm³/mol. The zero-order valence-corrected chi connectivity index (χ0v) is 9.94. The smallest absolute Gasteiger partial charge is 0.0947 e. The predicted octanol–water partition coefficient (Wildman–Crippen LogP) is 1.39. The lowest BCUT2D eigenvalue weighted by Crippen LogP contribution is -2.40. The summed E-state index contributed by atoms with van der Waals surface area (Å²) in [7, 11) is 0. The number of hydrogen-bond acceptors (Lipinski definition) is 3. The van der Waals surface area contributed by atoms with Gasteiger partial charge in [-0.2, -0.15) is 11.8 Å². The topological polar surface area (TPSA) is 53.1 Å². The van der Waals surface area contributed by atoms with Crippen LogP contribution in [0.15, 0.2) is 0 Å². The van der Waals surface area contributed by atoms with Gasteiger partial charge in [0.1, 0.15) is 0 Å². The molecule has 1 aliphatic rings. The molecular weight excluding hydrogens is 194 g/mol. The summed E-state index contributed by atoms with van der Waals surface area (Å²) in [6, 6.07) is 0.645. The van der Waals surface area contributed by atoms with Crippen molar-refractivity contribution >= 4 is 17.6 Å². The molecule has 82 valence electrons. The summed E-state index contributed by atoms with van der Waals surface area (Å²) in [4.78, 5) is 2.46. The van der Waals surface area contributed by atoms with E-state index in [-0.39, 0.29) is 5.92 Å². The molecular formula is C10H21N3S. The van der Waals surface area contributed by atoms with Crippen molar-refractivity contribution in [1.29, 1.82) is 5.41 Å². The quantitative estimate of drug-likeness (QED) is 0.552. The lowest BCUT2D eigenvalue weighted by Gasteiger charge is -2.28. The monoisotopic (exact) mass is 215 g/mol. The lowest BCUT2D eigenvalue weighted by atomic mass is 10.1. The molecule has 1 rings (SSSR count). The van der Waals surface area contributed by atoms with E-state index in [1.54, 1.807) is 0 Å². The molecule has 14 heavy (non-hydrogen) atoms. The maximum absolute atomic E-state index is 7.39. The standard InChI is InChI=1S/C10H21N3S/c1-8(10(11)12)7-13-4-6-14-5-3-9(13)2/h8-9H,3-7H2,1-2H3,(H3,11,12). The third kappa shape index (κ3) is 3.50. The molecule has 0 aliphatic carbocycles. The van der Waals surface area contributed by atoms with Crippen LogP contribution in [0.3, 0.4) is 0 Å². The third-order valence-electron chi connectivity index (χ3n) is 2.87. The molecule has 0 spiro atoms. The summed E-state index contributed by atoms with van der Waals surface area (Å²) in [6.45, 7) is 6.40. The average Bonchev–Trinajstić information content (AvgIpc) is 2.32. The Balaban J connectivity index is 2.43. The molecule has 1 aliphatic heterocycles. The molecule has 0 bridgehead atoms. The van der Waals surface area contributed by atoms with Crippen LogP contribution in [0.5, 0.6) is 0 Å². The van der Waals surface area contributed by atoms with Crippen molar-refractivity contribution in [2.24, 2.45) is 11.7 Å². The first kappa shape index (κ1) is 11.9. The second-order valence-electron chi connectivity index (χ2n) is 4.10. The Morgan fingerprint density at radius 3 is 3.00 bits per heavy atom. The van der Waals surface area contributed by atoms with Crippen molar-refractivity contribution in [1.82, 2.24) is 4.90 Å². The van der Waals surface area contributed by atoms with Gasteiger partial charge >= 0.3 is 0 Å². The zero-order valence-electron chi connectivity index (χ0n) is 9.12. The number of thioether (sulfide) groups is 1. The van der Waals surface area contributed by atoms with Crippen LogP contribution in [0.1, 0.15) is 20.3 Å². The molecule has 4 heteroatoms. The van der Waals surface area contributed by atoms with Gasteiger partial charge in [-0.15, -0.1) is 0 Å². The molecule has 2 atom stereocenters. The van der Waals surface area contributed by atoms with Gasteiger partial charge < -0.3 is 5.73 Å². The van der Waals surface area contributed by atoms with E-state index in [1.165, 1.54) is 17.9 Å². The lowest BCUT2D eigenvalue weighted by molar-refractivity contribution is 0.208. The second-order valence-corrected chi connectivity index (χ2v) is 5.33. The Morgan fingerprint density at radius 1 is 1.64 bits per heavy atom. The number of hydrogen-bond donors (Lipinski definition) is 2. The number of nitrogens with two attached hydrogens (primary N) is 1. The molecule has 3 N–H and O–H groups in total. The Labute approximate surface area is 90.9 Å². The number of nitrogens with one attached hydrogen (secondary N) is 1. The van der Waals surface area contributed by atoms with Gasteiger partial charge in [-0.25, -0.2) is 0 Å². The van der Waals surface area contributed by atoms with E-state index in [9.17, 15) is 0 Å². The van der Waals surface area contributed by atoms with E-state index in [2.05, 4.69) is 11.8 Å². The molecule has 1 fully saturated rings. The number of nitrogens with zero attached hydrogens (tertiary/aromatic N) is 1. The van der Waals surface area contributed by atoms with E-state index < -0.39 is 0 Å². The van der Waals surface area contributed by atoms with Crippen LogP contribution in [0.4, 0.5) is 0 Å². The van der Waals surface area contributed by atoms with Gasteiger partial charge in [0.15, 0.2) is 0 Å². The molecule has 0 aromatic carbocycles. The minimum absolute atomic E-state index is 0.195. The summed E-state index contributed by atoms with van der Waals surface area (Å²) in [5, 5.41) is 7.39. The fraction of sp³-hybridized carbons (Fsp3) is 0.900. The van der Waals surface area contributed by atoms with E-state index in [0.717, 1.165) is 13.1 Å². The fourth-order valence-corrected chi connectivity index (χ4v) is 2.74. The van der Waals surface area contributed by atoms with Crippen LogP contribution in [0.25, 0.3) is 0 Å². The highest BCUT2D eigenvalue weighted by atomic mass is 32.2. The first-order valence-electron chi connectivity index (χ1n) is 5.27. The van der Waals surface area contributed by atoms with Crippen molar-refractivity contribution in [3.8, 4) is 0 Å². The molecule has 0 radical (unpaired) electrons. The highest BCUT2D eigenvalue weighted by Crippen LogP contribution is 2.17. The van der Waals surface area contributed by atoms with E-state index in [1.807, 2.05) is 18.7 Å². The maximum Gasteiger partial charge on any atom is 0.0947 e. The van der Waals surface area contributed by atoms with Gasteiger partial charge in [0, 0.05) is 30.8 Å². The summed E-state index contributed by atoms with van der Waals surface area (Å²) in [5.41, 5.74) is 5.49. The fourth-order valence-electron chi connectivity index (χ4n) is 1.66. The molecule has 1 saturated heterocycles. The molecule has 0 aromatic rings. The van der Waals surface area contributed by atoms with Crippen molar-refractivity contribution < 1.29 is 0 Å². The van der Waals surface area contributed by atoms with Crippen LogP contribution in [-0.4, -0.2) is 41.4 Å². The van der Waals surface area contributed by atoms with Crippen molar-refractivity contribution in [2.75, 3.05) is 24.6 Å². The SMILES string of the molecule is CC(CN1CCSCCC1C)C(=N)N. The summed E-state index contributed by atoms with van der Waals surface area (Å²) < 4.78 is 0. The van der Waals surface area contributed by atoms with Crippen molar-refractivity contribution in [3.63, 3.8) is 0 Å². The molecule has 1 heterocycles. The molecule has 2 unspecified atom stereocenters. The Bertz CT molecular complexity index is 196.